The number of carbonyl (C=O) groups excluding carboxylic acids is 1. The maximum atomic E-state index is 13.4. The predicted octanol–water partition coefficient (Wildman–Crippen LogP) is 4.07. The quantitative estimate of drug-likeness (QED) is 0.691. The van der Waals surface area contributed by atoms with E-state index in [2.05, 4.69) is 14.7 Å². The summed E-state index contributed by atoms with van der Waals surface area (Å²) in [6.45, 7) is 0.667. The van der Waals surface area contributed by atoms with Crippen molar-refractivity contribution in [2.75, 3.05) is 6.54 Å². The number of Topliss-reactive ketones (excluding diaryl/α,β-unsaturated/α-hetero) is 1. The van der Waals surface area contributed by atoms with Crippen molar-refractivity contribution in [3.63, 3.8) is 0 Å². The number of aromatic amines is 1. The topological polar surface area (TPSA) is 57.8 Å². The minimum Gasteiger partial charge on any atom is -0.351 e. The molecule has 1 aliphatic rings. The van der Waals surface area contributed by atoms with Gasteiger partial charge in [-0.25, -0.2) is 4.39 Å². The standard InChI is InChI=1S/C18H14FN3OS/c19-13-3-1-2-11(8-13)14-9-12(4-6-20-14)15-10-17-18(22-15)16(23)5-7-21-24-17/h1-4,6,8-10,21-22H,5,7H2. The van der Waals surface area contributed by atoms with Gasteiger partial charge in [0.05, 0.1) is 16.3 Å². The second kappa shape index (κ2) is 6.22. The highest BCUT2D eigenvalue weighted by Gasteiger charge is 2.19. The zero-order valence-corrected chi connectivity index (χ0v) is 13.5. The second-order valence-electron chi connectivity index (χ2n) is 5.53. The molecule has 0 amide bonds. The van der Waals surface area contributed by atoms with E-state index in [4.69, 9.17) is 0 Å². The molecule has 0 aliphatic carbocycles. The number of pyridine rings is 1. The van der Waals surface area contributed by atoms with Gasteiger partial charge in [0.15, 0.2) is 5.78 Å². The van der Waals surface area contributed by atoms with E-state index in [-0.39, 0.29) is 11.6 Å². The van der Waals surface area contributed by atoms with Gasteiger partial charge in [-0.1, -0.05) is 12.1 Å². The molecule has 120 valence electrons. The molecule has 1 aromatic carbocycles. The lowest BCUT2D eigenvalue weighted by Gasteiger charge is -2.04. The van der Waals surface area contributed by atoms with Gasteiger partial charge < -0.3 is 4.98 Å². The molecule has 3 heterocycles. The van der Waals surface area contributed by atoms with Gasteiger partial charge in [0.2, 0.25) is 0 Å². The number of rotatable bonds is 2. The highest BCUT2D eigenvalue weighted by molar-refractivity contribution is 7.97. The Morgan fingerprint density at radius 1 is 1.12 bits per heavy atom. The highest BCUT2D eigenvalue weighted by atomic mass is 32.2. The molecule has 0 bridgehead atoms. The summed E-state index contributed by atoms with van der Waals surface area (Å²) in [6.07, 6.45) is 2.17. The van der Waals surface area contributed by atoms with Gasteiger partial charge >= 0.3 is 0 Å². The Morgan fingerprint density at radius 2 is 2.04 bits per heavy atom. The number of H-pyrrole nitrogens is 1. The third-order valence-electron chi connectivity index (χ3n) is 3.89. The van der Waals surface area contributed by atoms with Gasteiger partial charge in [-0.15, -0.1) is 0 Å². The summed E-state index contributed by atoms with van der Waals surface area (Å²) in [5.41, 5.74) is 3.81. The Balaban J connectivity index is 1.74. The first-order valence-corrected chi connectivity index (χ1v) is 8.40. The van der Waals surface area contributed by atoms with E-state index in [0.717, 1.165) is 21.7 Å². The van der Waals surface area contributed by atoms with Crippen molar-refractivity contribution in [3.8, 4) is 22.5 Å². The summed E-state index contributed by atoms with van der Waals surface area (Å²) in [5.74, 6) is -0.187. The molecule has 0 spiro atoms. The Kier molecular flexibility index (Phi) is 3.92. The van der Waals surface area contributed by atoms with Crippen molar-refractivity contribution in [2.45, 2.75) is 11.3 Å². The molecule has 2 aromatic heterocycles. The van der Waals surface area contributed by atoms with Crippen LogP contribution in [0.1, 0.15) is 16.9 Å². The fourth-order valence-electron chi connectivity index (χ4n) is 2.70. The van der Waals surface area contributed by atoms with E-state index in [1.165, 1.54) is 24.1 Å². The van der Waals surface area contributed by atoms with Crippen LogP contribution < -0.4 is 4.72 Å². The fourth-order valence-corrected chi connectivity index (χ4v) is 3.50. The minimum absolute atomic E-state index is 0.105. The summed E-state index contributed by atoms with van der Waals surface area (Å²) in [5, 5.41) is 0. The zero-order chi connectivity index (χ0) is 16.5. The second-order valence-corrected chi connectivity index (χ2v) is 6.46. The minimum atomic E-state index is -0.292. The van der Waals surface area contributed by atoms with Gasteiger partial charge in [-0.05, 0) is 42.3 Å². The number of nitrogens with zero attached hydrogens (tertiary/aromatic N) is 1. The number of aromatic nitrogens is 2. The number of ketones is 1. The maximum Gasteiger partial charge on any atom is 0.181 e. The summed E-state index contributed by atoms with van der Waals surface area (Å²) in [7, 11) is 0. The highest BCUT2D eigenvalue weighted by Crippen LogP contribution is 2.31. The molecule has 0 atom stereocenters. The molecule has 24 heavy (non-hydrogen) atoms. The molecule has 0 fully saturated rings. The lowest BCUT2D eigenvalue weighted by Crippen LogP contribution is -2.07. The van der Waals surface area contributed by atoms with Crippen LogP contribution in [-0.4, -0.2) is 22.3 Å². The van der Waals surface area contributed by atoms with Crippen LogP contribution in [0.4, 0.5) is 4.39 Å². The first-order valence-electron chi connectivity index (χ1n) is 7.59. The van der Waals surface area contributed by atoms with Crippen LogP contribution in [0.5, 0.6) is 0 Å². The molecule has 4 rings (SSSR count). The van der Waals surface area contributed by atoms with Crippen molar-refractivity contribution < 1.29 is 9.18 Å². The predicted molar refractivity (Wildman–Crippen MR) is 92.2 cm³/mol. The normalized spacial score (nSPS) is 14.3. The SMILES string of the molecule is O=C1CCNSc2cc(-c3ccnc(-c4cccc(F)c4)c3)[nH]c21. The van der Waals surface area contributed by atoms with Crippen LogP contribution >= 0.6 is 11.9 Å². The van der Waals surface area contributed by atoms with Crippen molar-refractivity contribution in [1.82, 2.24) is 14.7 Å². The first-order chi connectivity index (χ1) is 11.7. The lowest BCUT2D eigenvalue weighted by atomic mass is 10.1. The van der Waals surface area contributed by atoms with Gasteiger partial charge in [0, 0.05) is 36.0 Å². The summed E-state index contributed by atoms with van der Waals surface area (Å²) in [4.78, 5) is 20.6. The van der Waals surface area contributed by atoms with E-state index in [9.17, 15) is 9.18 Å². The van der Waals surface area contributed by atoms with Gasteiger partial charge in [0.1, 0.15) is 5.82 Å². The Hall–Kier alpha value is -2.44. The van der Waals surface area contributed by atoms with Crippen molar-refractivity contribution >= 4 is 17.7 Å². The number of halogens is 1. The Labute approximate surface area is 142 Å². The van der Waals surface area contributed by atoms with E-state index in [1.54, 1.807) is 12.3 Å². The molecule has 4 nitrogen and oxygen atoms in total. The molecule has 0 saturated carbocycles. The van der Waals surface area contributed by atoms with Crippen molar-refractivity contribution in [1.29, 1.82) is 0 Å². The van der Waals surface area contributed by atoms with E-state index >= 15 is 0 Å². The number of fused-ring (bicyclic) bond motifs is 1. The molecule has 1 aliphatic heterocycles. The summed E-state index contributed by atoms with van der Waals surface area (Å²) in [6, 6.07) is 12.1. The fraction of sp³-hybridized carbons (Fsp3) is 0.111. The van der Waals surface area contributed by atoms with Crippen LogP contribution in [0.2, 0.25) is 0 Å². The van der Waals surface area contributed by atoms with E-state index in [1.807, 2.05) is 24.3 Å². The van der Waals surface area contributed by atoms with E-state index < -0.39 is 0 Å². The van der Waals surface area contributed by atoms with Crippen LogP contribution in [-0.2, 0) is 0 Å². The number of benzene rings is 1. The molecule has 0 saturated heterocycles. The number of nitrogens with one attached hydrogen (secondary N) is 2. The zero-order valence-electron chi connectivity index (χ0n) is 12.7. The smallest absolute Gasteiger partial charge is 0.181 e. The van der Waals surface area contributed by atoms with E-state index in [0.29, 0.717) is 24.4 Å². The van der Waals surface area contributed by atoms with Gasteiger partial charge in [-0.3, -0.25) is 14.5 Å². The molecule has 6 heteroatoms. The number of carbonyl (C=O) groups is 1. The van der Waals surface area contributed by atoms with Crippen molar-refractivity contribution in [2.24, 2.45) is 0 Å². The molecule has 0 radical (unpaired) electrons. The van der Waals surface area contributed by atoms with Crippen LogP contribution in [0.3, 0.4) is 0 Å². The Morgan fingerprint density at radius 3 is 2.92 bits per heavy atom. The average molecular weight is 339 g/mol. The summed E-state index contributed by atoms with van der Waals surface area (Å²) < 4.78 is 16.6. The molecule has 0 unspecified atom stereocenters. The van der Waals surface area contributed by atoms with Crippen LogP contribution in [0, 0.1) is 5.82 Å². The van der Waals surface area contributed by atoms with Crippen LogP contribution in [0.15, 0.2) is 53.6 Å². The largest absolute Gasteiger partial charge is 0.351 e. The van der Waals surface area contributed by atoms with Crippen LogP contribution in [0.25, 0.3) is 22.5 Å². The maximum absolute atomic E-state index is 13.4. The monoisotopic (exact) mass is 339 g/mol. The molecule has 2 N–H and O–H groups in total. The summed E-state index contributed by atoms with van der Waals surface area (Å²) >= 11 is 1.46. The Bertz CT molecular complexity index is 922. The third kappa shape index (κ3) is 2.86. The molecular weight excluding hydrogens is 325 g/mol. The van der Waals surface area contributed by atoms with Gasteiger partial charge in [0.25, 0.3) is 0 Å². The van der Waals surface area contributed by atoms with Crippen molar-refractivity contribution in [3.05, 3.63) is 60.2 Å². The van der Waals surface area contributed by atoms with Gasteiger partial charge in [-0.2, -0.15) is 0 Å². The molecular formula is C18H14FN3OS. The number of hydrogen-bond donors (Lipinski definition) is 2. The molecule has 3 aromatic rings. The lowest BCUT2D eigenvalue weighted by molar-refractivity contribution is 0.0979. The number of hydrogen-bond acceptors (Lipinski definition) is 4. The third-order valence-corrected chi connectivity index (χ3v) is 4.78. The first kappa shape index (κ1) is 15.1. The average Bonchev–Trinajstić information content (AvgIpc) is 2.96.